The van der Waals surface area contributed by atoms with E-state index in [0.717, 1.165) is 36.5 Å². The number of carbonyl (C=O) groups excluding carboxylic acids is 1. The molecule has 0 saturated carbocycles. The standard InChI is InChI=1S/C17H21N5O/c1-13(23)20-9-14-4-5-16(21-10-14)17-3-2-8-22(17)12-15-11-18-6-7-19-15/h4-7,10-11,17H,2-3,8-9,12H2,1H3,(H,20,23)/t17-/m1/s1. The third kappa shape index (κ3) is 4.10. The monoisotopic (exact) mass is 311 g/mol. The highest BCUT2D eigenvalue weighted by atomic mass is 16.1. The van der Waals surface area contributed by atoms with E-state index in [-0.39, 0.29) is 5.91 Å². The van der Waals surface area contributed by atoms with Crippen molar-refractivity contribution in [3.63, 3.8) is 0 Å². The lowest BCUT2D eigenvalue weighted by Gasteiger charge is -2.23. The largest absolute Gasteiger partial charge is 0.352 e. The van der Waals surface area contributed by atoms with E-state index in [9.17, 15) is 4.79 Å². The number of nitrogens with one attached hydrogen (secondary N) is 1. The molecule has 3 heterocycles. The van der Waals surface area contributed by atoms with Crippen LogP contribution in [0.25, 0.3) is 0 Å². The molecular weight excluding hydrogens is 290 g/mol. The number of carbonyl (C=O) groups is 1. The molecular formula is C17H21N5O. The van der Waals surface area contributed by atoms with Crippen molar-refractivity contribution in [1.82, 2.24) is 25.2 Å². The van der Waals surface area contributed by atoms with E-state index in [1.165, 1.54) is 13.3 Å². The van der Waals surface area contributed by atoms with E-state index >= 15 is 0 Å². The number of pyridine rings is 1. The molecule has 0 aliphatic carbocycles. The Bertz CT molecular complexity index is 644. The Kier molecular flexibility index (Phi) is 4.92. The average molecular weight is 311 g/mol. The molecule has 0 spiro atoms. The normalized spacial score (nSPS) is 18.0. The van der Waals surface area contributed by atoms with Crippen LogP contribution in [0, 0.1) is 0 Å². The number of hydrogen-bond donors (Lipinski definition) is 1. The van der Waals surface area contributed by atoms with Gasteiger partial charge in [0, 0.05) is 44.8 Å². The van der Waals surface area contributed by atoms with Crippen LogP contribution in [-0.4, -0.2) is 32.3 Å². The van der Waals surface area contributed by atoms with Crippen molar-refractivity contribution >= 4 is 5.91 Å². The molecule has 120 valence electrons. The van der Waals surface area contributed by atoms with E-state index < -0.39 is 0 Å². The molecule has 0 unspecified atom stereocenters. The van der Waals surface area contributed by atoms with Gasteiger partial charge in [0.05, 0.1) is 17.4 Å². The zero-order chi connectivity index (χ0) is 16.1. The lowest BCUT2D eigenvalue weighted by Crippen LogP contribution is -2.24. The lowest BCUT2D eigenvalue weighted by molar-refractivity contribution is -0.119. The van der Waals surface area contributed by atoms with Crippen LogP contribution in [0.5, 0.6) is 0 Å². The Balaban J connectivity index is 1.66. The fraction of sp³-hybridized carbons (Fsp3) is 0.412. The Hall–Kier alpha value is -2.34. The molecule has 0 aromatic carbocycles. The zero-order valence-corrected chi connectivity index (χ0v) is 13.3. The molecule has 1 N–H and O–H groups in total. The number of nitrogens with zero attached hydrogens (tertiary/aromatic N) is 4. The Morgan fingerprint density at radius 3 is 2.91 bits per heavy atom. The Morgan fingerprint density at radius 2 is 2.22 bits per heavy atom. The summed E-state index contributed by atoms with van der Waals surface area (Å²) in [5.41, 5.74) is 3.09. The van der Waals surface area contributed by atoms with Gasteiger partial charge in [0.2, 0.25) is 5.91 Å². The highest BCUT2D eigenvalue weighted by molar-refractivity contribution is 5.72. The Morgan fingerprint density at radius 1 is 1.30 bits per heavy atom. The molecule has 6 nitrogen and oxygen atoms in total. The third-order valence-corrected chi connectivity index (χ3v) is 4.08. The van der Waals surface area contributed by atoms with Crippen LogP contribution < -0.4 is 5.32 Å². The summed E-state index contributed by atoms with van der Waals surface area (Å²) in [4.78, 5) is 26.5. The van der Waals surface area contributed by atoms with Crippen molar-refractivity contribution in [3.8, 4) is 0 Å². The quantitative estimate of drug-likeness (QED) is 0.912. The minimum atomic E-state index is -0.0278. The van der Waals surface area contributed by atoms with E-state index in [2.05, 4.69) is 31.2 Å². The van der Waals surface area contributed by atoms with Gasteiger partial charge >= 0.3 is 0 Å². The van der Waals surface area contributed by atoms with Crippen LogP contribution in [-0.2, 0) is 17.9 Å². The van der Waals surface area contributed by atoms with Crippen LogP contribution >= 0.6 is 0 Å². The average Bonchev–Trinajstić information content (AvgIpc) is 3.02. The maximum atomic E-state index is 11.0. The molecule has 0 bridgehead atoms. The molecule has 2 aromatic heterocycles. The summed E-state index contributed by atoms with van der Waals surface area (Å²) in [6.45, 7) is 3.89. The fourth-order valence-corrected chi connectivity index (χ4v) is 2.93. The summed E-state index contributed by atoms with van der Waals surface area (Å²) in [6.07, 6.45) is 9.37. The van der Waals surface area contributed by atoms with Crippen LogP contribution in [0.2, 0.25) is 0 Å². The molecule has 6 heteroatoms. The molecule has 1 fully saturated rings. The summed E-state index contributed by atoms with van der Waals surface area (Å²) in [7, 11) is 0. The predicted octanol–water partition coefficient (Wildman–Crippen LogP) is 1.84. The first kappa shape index (κ1) is 15.6. The van der Waals surface area contributed by atoms with Crippen LogP contribution in [0.4, 0.5) is 0 Å². The summed E-state index contributed by atoms with van der Waals surface area (Å²) in [6, 6.07) is 4.43. The van der Waals surface area contributed by atoms with Gasteiger partial charge in [-0.1, -0.05) is 6.07 Å². The number of rotatable bonds is 5. The highest BCUT2D eigenvalue weighted by Gasteiger charge is 2.27. The van der Waals surface area contributed by atoms with Crippen LogP contribution in [0.3, 0.4) is 0 Å². The van der Waals surface area contributed by atoms with Gasteiger partial charge in [-0.05, 0) is 31.0 Å². The fourth-order valence-electron chi connectivity index (χ4n) is 2.93. The van der Waals surface area contributed by atoms with Gasteiger partial charge in [-0.3, -0.25) is 24.6 Å². The topological polar surface area (TPSA) is 71.0 Å². The molecule has 1 saturated heterocycles. The van der Waals surface area contributed by atoms with Crippen molar-refractivity contribution in [3.05, 3.63) is 53.9 Å². The van der Waals surface area contributed by atoms with E-state index in [1.54, 1.807) is 12.4 Å². The van der Waals surface area contributed by atoms with E-state index in [0.29, 0.717) is 12.6 Å². The second-order valence-electron chi connectivity index (χ2n) is 5.83. The van der Waals surface area contributed by atoms with Gasteiger partial charge in [-0.25, -0.2) is 0 Å². The van der Waals surface area contributed by atoms with Crippen molar-refractivity contribution in [1.29, 1.82) is 0 Å². The first-order valence-electron chi connectivity index (χ1n) is 7.90. The second-order valence-corrected chi connectivity index (χ2v) is 5.83. The molecule has 1 atom stereocenters. The smallest absolute Gasteiger partial charge is 0.217 e. The summed E-state index contributed by atoms with van der Waals surface area (Å²) >= 11 is 0. The van der Waals surface area contributed by atoms with Crippen molar-refractivity contribution in [2.45, 2.75) is 38.9 Å². The van der Waals surface area contributed by atoms with E-state index in [4.69, 9.17) is 0 Å². The number of aromatic nitrogens is 3. The summed E-state index contributed by atoms with van der Waals surface area (Å²) < 4.78 is 0. The van der Waals surface area contributed by atoms with Crippen molar-refractivity contribution < 1.29 is 4.79 Å². The van der Waals surface area contributed by atoms with Gasteiger partial charge < -0.3 is 5.32 Å². The number of hydrogen-bond acceptors (Lipinski definition) is 5. The molecule has 1 aliphatic rings. The van der Waals surface area contributed by atoms with Gasteiger partial charge in [0.25, 0.3) is 0 Å². The number of amides is 1. The second kappa shape index (κ2) is 7.28. The number of likely N-dealkylation sites (tertiary alicyclic amines) is 1. The van der Waals surface area contributed by atoms with E-state index in [1.807, 2.05) is 18.5 Å². The predicted molar refractivity (Wildman–Crippen MR) is 86.2 cm³/mol. The molecule has 3 rings (SSSR count). The summed E-state index contributed by atoms with van der Waals surface area (Å²) in [5.74, 6) is -0.0278. The first-order valence-corrected chi connectivity index (χ1v) is 7.90. The minimum absolute atomic E-state index is 0.0278. The third-order valence-electron chi connectivity index (χ3n) is 4.08. The first-order chi connectivity index (χ1) is 11.2. The van der Waals surface area contributed by atoms with Gasteiger partial charge in [0.15, 0.2) is 0 Å². The van der Waals surface area contributed by atoms with Gasteiger partial charge in [-0.15, -0.1) is 0 Å². The van der Waals surface area contributed by atoms with Crippen LogP contribution in [0.1, 0.15) is 42.8 Å². The maximum absolute atomic E-state index is 11.0. The molecule has 0 radical (unpaired) electrons. The summed E-state index contributed by atoms with van der Waals surface area (Å²) in [5, 5.41) is 2.79. The SMILES string of the molecule is CC(=O)NCc1ccc([C@H]2CCCN2Cc2cnccn2)nc1. The lowest BCUT2D eigenvalue weighted by atomic mass is 10.1. The Labute approximate surface area is 136 Å². The van der Waals surface area contributed by atoms with Crippen molar-refractivity contribution in [2.75, 3.05) is 6.54 Å². The minimum Gasteiger partial charge on any atom is -0.352 e. The maximum Gasteiger partial charge on any atom is 0.217 e. The van der Waals surface area contributed by atoms with Gasteiger partial charge in [-0.2, -0.15) is 0 Å². The molecule has 2 aromatic rings. The molecule has 23 heavy (non-hydrogen) atoms. The highest BCUT2D eigenvalue weighted by Crippen LogP contribution is 2.31. The molecule has 1 amide bonds. The van der Waals surface area contributed by atoms with Crippen molar-refractivity contribution in [2.24, 2.45) is 0 Å². The van der Waals surface area contributed by atoms with Crippen LogP contribution in [0.15, 0.2) is 36.9 Å². The molecule has 1 aliphatic heterocycles. The van der Waals surface area contributed by atoms with Gasteiger partial charge in [0.1, 0.15) is 0 Å². The zero-order valence-electron chi connectivity index (χ0n) is 13.3.